The molecule has 5 nitrogen and oxygen atoms in total. The minimum atomic E-state index is -0.829. The van der Waals surface area contributed by atoms with Crippen molar-refractivity contribution in [1.29, 1.82) is 0 Å². The number of hydrogen-bond acceptors (Lipinski definition) is 5. The molecular weight excluding hydrogens is 308 g/mol. The lowest BCUT2D eigenvalue weighted by Gasteiger charge is -2.47. The third-order valence-electron chi connectivity index (χ3n) is 6.55. The molecule has 0 amide bonds. The largest absolute Gasteiger partial charge is 0.466 e. The Hall–Kier alpha value is -0.880. The van der Waals surface area contributed by atoms with Gasteiger partial charge in [-0.1, -0.05) is 13.8 Å². The van der Waals surface area contributed by atoms with Crippen molar-refractivity contribution >= 4 is 0 Å². The van der Waals surface area contributed by atoms with E-state index < -0.39 is 17.0 Å². The summed E-state index contributed by atoms with van der Waals surface area (Å²) in [5, 5.41) is 0. The molecule has 3 heterocycles. The smallest absolute Gasteiger partial charge is 0.202 e. The first kappa shape index (κ1) is 17.9. The highest BCUT2D eigenvalue weighted by Crippen LogP contribution is 2.65. The third kappa shape index (κ3) is 1.96. The van der Waals surface area contributed by atoms with E-state index in [1.807, 2.05) is 13.8 Å². The van der Waals surface area contributed by atoms with E-state index in [-0.39, 0.29) is 17.9 Å². The minimum absolute atomic E-state index is 0.0628. The molecular formula is C19H30O5. The van der Waals surface area contributed by atoms with Crippen LogP contribution in [0.1, 0.15) is 50.2 Å². The van der Waals surface area contributed by atoms with Gasteiger partial charge in [0.25, 0.3) is 0 Å². The molecule has 3 rings (SSSR count). The molecule has 136 valence electrons. The van der Waals surface area contributed by atoms with Gasteiger partial charge in [-0.3, -0.25) is 0 Å². The maximum Gasteiger partial charge on any atom is 0.202 e. The van der Waals surface area contributed by atoms with E-state index in [9.17, 15) is 0 Å². The molecule has 24 heavy (non-hydrogen) atoms. The number of rotatable bonds is 5. The Morgan fingerprint density at radius 1 is 1.21 bits per heavy atom. The second-order valence-electron chi connectivity index (χ2n) is 7.57. The van der Waals surface area contributed by atoms with Gasteiger partial charge in [0.05, 0.1) is 11.7 Å². The normalized spacial score (nSPS) is 38.7. The van der Waals surface area contributed by atoms with Crippen molar-refractivity contribution in [2.45, 2.75) is 70.1 Å². The van der Waals surface area contributed by atoms with E-state index in [1.54, 1.807) is 21.3 Å². The summed E-state index contributed by atoms with van der Waals surface area (Å²) in [4.78, 5) is 0. The van der Waals surface area contributed by atoms with E-state index in [2.05, 4.69) is 26.8 Å². The Morgan fingerprint density at radius 3 is 2.29 bits per heavy atom. The van der Waals surface area contributed by atoms with Gasteiger partial charge in [0.1, 0.15) is 17.1 Å². The van der Waals surface area contributed by atoms with Crippen LogP contribution in [0.15, 0.2) is 10.5 Å². The van der Waals surface area contributed by atoms with E-state index in [1.165, 1.54) is 0 Å². The maximum atomic E-state index is 6.71. The van der Waals surface area contributed by atoms with Crippen LogP contribution in [0.3, 0.4) is 0 Å². The Bertz CT molecular complexity index is 619. The Kier molecular flexibility index (Phi) is 4.15. The van der Waals surface area contributed by atoms with Crippen molar-refractivity contribution in [2.24, 2.45) is 5.92 Å². The fourth-order valence-corrected chi connectivity index (χ4v) is 5.32. The molecule has 0 unspecified atom stereocenters. The summed E-state index contributed by atoms with van der Waals surface area (Å²) in [5.41, 5.74) is 0.0189. The Balaban J connectivity index is 2.11. The first-order chi connectivity index (χ1) is 11.2. The van der Waals surface area contributed by atoms with Gasteiger partial charge in [0, 0.05) is 39.6 Å². The molecule has 2 fully saturated rings. The third-order valence-corrected chi connectivity index (χ3v) is 6.55. The summed E-state index contributed by atoms with van der Waals surface area (Å²) in [5.74, 6) is 1.31. The van der Waals surface area contributed by atoms with E-state index in [4.69, 9.17) is 23.4 Å². The molecule has 0 radical (unpaired) electrons. The predicted octanol–water partition coefficient (Wildman–Crippen LogP) is 3.57. The van der Waals surface area contributed by atoms with Gasteiger partial charge in [-0.05, 0) is 32.4 Å². The van der Waals surface area contributed by atoms with Gasteiger partial charge < -0.3 is 23.4 Å². The van der Waals surface area contributed by atoms with Crippen molar-refractivity contribution in [1.82, 2.24) is 0 Å². The number of hydrogen-bond donors (Lipinski definition) is 0. The topological polar surface area (TPSA) is 50.1 Å². The number of fused-ring (bicyclic) bond motifs is 2. The van der Waals surface area contributed by atoms with Crippen molar-refractivity contribution in [3.63, 3.8) is 0 Å². The molecule has 2 aliphatic heterocycles. The van der Waals surface area contributed by atoms with E-state index in [0.717, 1.165) is 17.1 Å². The lowest BCUT2D eigenvalue weighted by molar-refractivity contribution is -0.289. The Labute approximate surface area is 144 Å². The summed E-state index contributed by atoms with van der Waals surface area (Å²) >= 11 is 0. The fourth-order valence-electron chi connectivity index (χ4n) is 5.32. The van der Waals surface area contributed by atoms with Crippen LogP contribution in [0.4, 0.5) is 0 Å². The number of furan rings is 1. The van der Waals surface area contributed by atoms with Crippen molar-refractivity contribution < 1.29 is 23.4 Å². The molecule has 2 saturated heterocycles. The van der Waals surface area contributed by atoms with Gasteiger partial charge in [-0.15, -0.1) is 0 Å². The van der Waals surface area contributed by atoms with Crippen LogP contribution in [0, 0.1) is 19.8 Å². The average molecular weight is 338 g/mol. The minimum Gasteiger partial charge on any atom is -0.466 e. The van der Waals surface area contributed by atoms with Gasteiger partial charge in [-0.25, -0.2) is 0 Å². The first-order valence-electron chi connectivity index (χ1n) is 8.61. The molecule has 0 aromatic carbocycles. The van der Waals surface area contributed by atoms with Crippen LogP contribution in [0.2, 0.25) is 0 Å². The molecule has 0 N–H and O–H groups in total. The lowest BCUT2D eigenvalue weighted by Crippen LogP contribution is -2.62. The quantitative estimate of drug-likeness (QED) is 0.768. The van der Waals surface area contributed by atoms with Crippen molar-refractivity contribution in [2.75, 3.05) is 21.3 Å². The highest BCUT2D eigenvalue weighted by atomic mass is 16.7. The summed E-state index contributed by atoms with van der Waals surface area (Å²) < 4.78 is 30.3. The molecule has 1 aromatic rings. The monoisotopic (exact) mass is 338 g/mol. The second kappa shape index (κ2) is 5.56. The molecule has 0 spiro atoms. The van der Waals surface area contributed by atoms with Gasteiger partial charge in [-0.2, -0.15) is 0 Å². The molecule has 2 aliphatic rings. The zero-order valence-corrected chi connectivity index (χ0v) is 16.1. The first-order valence-corrected chi connectivity index (χ1v) is 8.61. The highest BCUT2D eigenvalue weighted by molar-refractivity contribution is 5.31. The summed E-state index contributed by atoms with van der Waals surface area (Å²) in [6, 6.07) is 2.07. The van der Waals surface area contributed by atoms with Gasteiger partial charge in [0.2, 0.25) is 5.79 Å². The number of ether oxygens (including phenoxy) is 4. The average Bonchev–Trinajstić information content (AvgIpc) is 3.10. The molecule has 5 atom stereocenters. The van der Waals surface area contributed by atoms with Crippen LogP contribution >= 0.6 is 0 Å². The molecule has 0 aliphatic carbocycles. The highest BCUT2D eigenvalue weighted by Gasteiger charge is 2.77. The lowest BCUT2D eigenvalue weighted by atomic mass is 9.65. The maximum absolute atomic E-state index is 6.71. The van der Waals surface area contributed by atoms with Crippen LogP contribution in [-0.4, -0.2) is 44.4 Å². The summed E-state index contributed by atoms with van der Waals surface area (Å²) in [6.07, 6.45) is 0.523. The Morgan fingerprint density at radius 2 is 1.83 bits per heavy atom. The van der Waals surface area contributed by atoms with E-state index >= 15 is 0 Å². The van der Waals surface area contributed by atoms with Crippen LogP contribution in [0.25, 0.3) is 0 Å². The van der Waals surface area contributed by atoms with E-state index in [0.29, 0.717) is 6.42 Å². The molecule has 1 aromatic heterocycles. The number of methoxy groups -OCH3 is 3. The SMILES string of the molecule is CO[C@H]1[C@H](C)[C@]2([C@H](C)c3oc(C)cc3C)CC(OC)(OC)[C@@]1(C)O2. The molecule has 2 bridgehead atoms. The van der Waals surface area contributed by atoms with Crippen molar-refractivity contribution in [3.8, 4) is 0 Å². The molecule has 5 heteroatoms. The van der Waals surface area contributed by atoms with Crippen LogP contribution in [0.5, 0.6) is 0 Å². The standard InChI is InChI=1S/C19H30O5/c1-11-9-12(2)23-15(11)13(3)18-10-19(21-7,22-8)17(5,24-18)16(20-6)14(18)4/h9,13-14,16H,10H2,1-8H3/t13-,14+,16+,17+,18-/m1/s1. The van der Waals surface area contributed by atoms with Crippen LogP contribution in [-0.2, 0) is 18.9 Å². The predicted molar refractivity (Wildman–Crippen MR) is 90.1 cm³/mol. The zero-order valence-electron chi connectivity index (χ0n) is 16.1. The summed E-state index contributed by atoms with van der Waals surface area (Å²) in [6.45, 7) is 10.5. The second-order valence-corrected chi connectivity index (χ2v) is 7.57. The van der Waals surface area contributed by atoms with Gasteiger partial charge in [0.15, 0.2) is 0 Å². The van der Waals surface area contributed by atoms with Gasteiger partial charge >= 0.3 is 0 Å². The van der Waals surface area contributed by atoms with Crippen molar-refractivity contribution in [3.05, 3.63) is 23.2 Å². The number of aryl methyl sites for hydroxylation is 2. The summed E-state index contributed by atoms with van der Waals surface area (Å²) in [7, 11) is 5.08. The zero-order chi connectivity index (χ0) is 17.9. The fraction of sp³-hybridized carbons (Fsp3) is 0.789. The van der Waals surface area contributed by atoms with Crippen LogP contribution < -0.4 is 0 Å². The molecule has 0 saturated carbocycles.